The number of nitrogens with one attached hydrogen (secondary N) is 1. The molecular formula is C20H24N2O7. The fraction of sp³-hybridized carbons (Fsp3) is 0.400. The van der Waals surface area contributed by atoms with Crippen LogP contribution in [-0.2, 0) is 19.1 Å². The summed E-state index contributed by atoms with van der Waals surface area (Å²) >= 11 is 0. The molecule has 1 aromatic rings. The van der Waals surface area contributed by atoms with Crippen molar-refractivity contribution in [1.82, 2.24) is 5.32 Å². The van der Waals surface area contributed by atoms with Crippen molar-refractivity contribution in [1.29, 1.82) is 0 Å². The summed E-state index contributed by atoms with van der Waals surface area (Å²) < 4.78 is 10.6. The Hall–Kier alpha value is -3.20. The summed E-state index contributed by atoms with van der Waals surface area (Å²) in [6.07, 6.45) is 0.836. The topological polar surface area (TPSA) is 128 Å². The highest BCUT2D eigenvalue weighted by molar-refractivity contribution is 5.99. The average Bonchev–Trinajstić information content (AvgIpc) is 2.66. The molecule has 0 radical (unpaired) electrons. The number of benzene rings is 1. The van der Waals surface area contributed by atoms with Gasteiger partial charge in [0.1, 0.15) is 6.61 Å². The number of non-ortho nitro benzene ring substituents is 1. The van der Waals surface area contributed by atoms with Gasteiger partial charge in [-0.25, -0.2) is 9.59 Å². The maximum atomic E-state index is 12.8. The Kier molecular flexibility index (Phi) is 7.49. The molecule has 9 heteroatoms. The molecule has 0 fully saturated rings. The van der Waals surface area contributed by atoms with Gasteiger partial charge in [0, 0.05) is 30.1 Å². The number of nitro groups is 1. The van der Waals surface area contributed by atoms with E-state index in [2.05, 4.69) is 5.32 Å². The average molecular weight is 404 g/mol. The van der Waals surface area contributed by atoms with E-state index in [0.717, 1.165) is 6.42 Å². The van der Waals surface area contributed by atoms with Gasteiger partial charge in [-0.05, 0) is 25.8 Å². The van der Waals surface area contributed by atoms with E-state index in [1.807, 2.05) is 6.92 Å². The molecule has 0 bridgehead atoms. The molecule has 1 aliphatic heterocycles. The number of rotatable bonds is 9. The molecule has 2 N–H and O–H groups in total. The highest BCUT2D eigenvalue weighted by Gasteiger charge is 2.37. The molecule has 0 saturated carbocycles. The molecular weight excluding hydrogens is 380 g/mol. The minimum atomic E-state index is -1.23. The minimum absolute atomic E-state index is 0.0162. The SMILES string of the molecule is CCCOCCOC(=O)C1=C(C)NC(C)=C(C(=O)O)C1c1cccc([N+](=O)[O-])c1. The Morgan fingerprint density at radius 2 is 1.86 bits per heavy atom. The number of aliphatic carboxylic acids is 1. The van der Waals surface area contributed by atoms with E-state index >= 15 is 0 Å². The molecule has 1 atom stereocenters. The Balaban J connectivity index is 2.42. The number of ether oxygens (including phenoxy) is 2. The summed E-state index contributed by atoms with van der Waals surface area (Å²) in [7, 11) is 0. The largest absolute Gasteiger partial charge is 0.478 e. The van der Waals surface area contributed by atoms with Gasteiger partial charge in [0.25, 0.3) is 5.69 Å². The first-order valence-corrected chi connectivity index (χ1v) is 9.19. The molecule has 1 aliphatic rings. The highest BCUT2D eigenvalue weighted by Crippen LogP contribution is 2.39. The molecule has 9 nitrogen and oxygen atoms in total. The van der Waals surface area contributed by atoms with Crippen LogP contribution in [0.3, 0.4) is 0 Å². The third-order valence-corrected chi connectivity index (χ3v) is 4.43. The van der Waals surface area contributed by atoms with Gasteiger partial charge >= 0.3 is 11.9 Å². The van der Waals surface area contributed by atoms with Crippen molar-refractivity contribution in [3.8, 4) is 0 Å². The summed E-state index contributed by atoms with van der Waals surface area (Å²) in [5, 5.41) is 23.8. The molecule has 1 unspecified atom stereocenters. The van der Waals surface area contributed by atoms with Crippen LogP contribution in [0.5, 0.6) is 0 Å². The molecule has 29 heavy (non-hydrogen) atoms. The van der Waals surface area contributed by atoms with Crippen molar-refractivity contribution >= 4 is 17.6 Å². The molecule has 0 aliphatic carbocycles. The summed E-state index contributed by atoms with van der Waals surface area (Å²) in [6.45, 7) is 5.96. The van der Waals surface area contributed by atoms with Crippen LogP contribution >= 0.6 is 0 Å². The van der Waals surface area contributed by atoms with E-state index in [1.165, 1.54) is 18.2 Å². The van der Waals surface area contributed by atoms with Crippen molar-refractivity contribution in [3.63, 3.8) is 0 Å². The molecule has 0 amide bonds. The monoisotopic (exact) mass is 404 g/mol. The van der Waals surface area contributed by atoms with Gasteiger partial charge in [-0.3, -0.25) is 10.1 Å². The predicted molar refractivity (Wildman–Crippen MR) is 104 cm³/mol. The first-order valence-electron chi connectivity index (χ1n) is 9.19. The maximum absolute atomic E-state index is 12.8. The molecule has 2 rings (SSSR count). The van der Waals surface area contributed by atoms with Gasteiger partial charge in [-0.2, -0.15) is 0 Å². The van der Waals surface area contributed by atoms with E-state index in [4.69, 9.17) is 9.47 Å². The summed E-state index contributed by atoms with van der Waals surface area (Å²) in [6, 6.07) is 5.60. The van der Waals surface area contributed by atoms with Gasteiger partial charge in [-0.15, -0.1) is 0 Å². The standard InChI is InChI=1S/C20H24N2O7/c1-4-8-28-9-10-29-20(25)17-13(3)21-12(2)16(19(23)24)18(17)14-6-5-7-15(11-14)22(26)27/h5-7,11,18,21H,4,8-10H2,1-3H3,(H,23,24). The second-order valence-electron chi connectivity index (χ2n) is 6.54. The zero-order valence-corrected chi connectivity index (χ0v) is 16.6. The number of nitrogens with zero attached hydrogens (tertiary/aromatic N) is 1. The normalized spacial score (nSPS) is 16.4. The Morgan fingerprint density at radius 3 is 2.48 bits per heavy atom. The summed E-state index contributed by atoms with van der Waals surface area (Å²) in [5.74, 6) is -2.92. The number of carbonyl (C=O) groups excluding carboxylic acids is 1. The zero-order valence-electron chi connectivity index (χ0n) is 16.6. The van der Waals surface area contributed by atoms with Crippen molar-refractivity contribution in [2.45, 2.75) is 33.1 Å². The van der Waals surface area contributed by atoms with Crippen LogP contribution < -0.4 is 5.32 Å². The van der Waals surface area contributed by atoms with E-state index in [9.17, 15) is 24.8 Å². The second kappa shape index (κ2) is 9.83. The number of dihydropyridines is 1. The first-order chi connectivity index (χ1) is 13.8. The van der Waals surface area contributed by atoms with Gasteiger partial charge in [0.05, 0.1) is 28.6 Å². The quantitative estimate of drug-likeness (QED) is 0.278. The fourth-order valence-electron chi connectivity index (χ4n) is 3.22. The Bertz CT molecular complexity index is 873. The van der Waals surface area contributed by atoms with Gasteiger partial charge in [0.2, 0.25) is 0 Å². The van der Waals surface area contributed by atoms with Crippen LogP contribution in [0.1, 0.15) is 38.7 Å². The summed E-state index contributed by atoms with van der Waals surface area (Å²) in [4.78, 5) is 35.3. The number of nitro benzene ring substituents is 1. The van der Waals surface area contributed by atoms with E-state index in [-0.39, 0.29) is 30.0 Å². The van der Waals surface area contributed by atoms with Crippen molar-refractivity contribution < 1.29 is 29.1 Å². The fourth-order valence-corrected chi connectivity index (χ4v) is 3.22. The molecule has 0 spiro atoms. The van der Waals surface area contributed by atoms with Crippen LogP contribution in [0.15, 0.2) is 46.8 Å². The van der Waals surface area contributed by atoms with Crippen LogP contribution in [0.2, 0.25) is 0 Å². The lowest BCUT2D eigenvalue weighted by Gasteiger charge is -2.29. The van der Waals surface area contributed by atoms with Gasteiger partial charge < -0.3 is 19.9 Å². The molecule has 1 heterocycles. The molecule has 0 aromatic heterocycles. The Labute approximate surface area is 168 Å². The number of carbonyl (C=O) groups is 2. The third kappa shape index (κ3) is 5.20. The first kappa shape index (κ1) is 22.1. The van der Waals surface area contributed by atoms with Crippen molar-refractivity contribution in [2.75, 3.05) is 19.8 Å². The number of carboxylic acid groups (broad SMARTS) is 1. The lowest BCUT2D eigenvalue weighted by molar-refractivity contribution is -0.384. The molecule has 156 valence electrons. The highest BCUT2D eigenvalue weighted by atomic mass is 16.6. The molecule has 0 saturated heterocycles. The maximum Gasteiger partial charge on any atom is 0.336 e. The number of carboxylic acids is 1. The lowest BCUT2D eigenvalue weighted by Crippen LogP contribution is -2.32. The van der Waals surface area contributed by atoms with Gasteiger partial charge in [0.15, 0.2) is 0 Å². The van der Waals surface area contributed by atoms with Gasteiger partial charge in [-0.1, -0.05) is 19.1 Å². The van der Waals surface area contributed by atoms with E-state index in [0.29, 0.717) is 23.6 Å². The zero-order chi connectivity index (χ0) is 21.6. The summed E-state index contributed by atoms with van der Waals surface area (Å²) in [5.41, 5.74) is 0.958. The van der Waals surface area contributed by atoms with Crippen LogP contribution in [-0.4, -0.2) is 41.8 Å². The van der Waals surface area contributed by atoms with Crippen LogP contribution in [0, 0.1) is 10.1 Å². The number of hydrogen-bond donors (Lipinski definition) is 2. The van der Waals surface area contributed by atoms with E-state index in [1.54, 1.807) is 19.9 Å². The number of esters is 1. The van der Waals surface area contributed by atoms with Crippen molar-refractivity contribution in [2.24, 2.45) is 0 Å². The van der Waals surface area contributed by atoms with Crippen LogP contribution in [0.25, 0.3) is 0 Å². The Morgan fingerprint density at radius 1 is 1.17 bits per heavy atom. The lowest BCUT2D eigenvalue weighted by atomic mass is 9.80. The predicted octanol–water partition coefficient (Wildman–Crippen LogP) is 2.88. The van der Waals surface area contributed by atoms with E-state index < -0.39 is 22.8 Å². The third-order valence-electron chi connectivity index (χ3n) is 4.43. The smallest absolute Gasteiger partial charge is 0.336 e. The number of hydrogen-bond acceptors (Lipinski definition) is 7. The van der Waals surface area contributed by atoms with Crippen molar-refractivity contribution in [3.05, 3.63) is 62.5 Å². The number of allylic oxidation sites excluding steroid dienone is 2. The minimum Gasteiger partial charge on any atom is -0.478 e. The van der Waals surface area contributed by atoms with Crippen LogP contribution in [0.4, 0.5) is 5.69 Å². The second-order valence-corrected chi connectivity index (χ2v) is 6.54. The molecule has 1 aromatic carbocycles.